The average Bonchev–Trinajstić information content (AvgIpc) is 3.29. The van der Waals surface area contributed by atoms with Gasteiger partial charge in [-0.15, -0.1) is 11.8 Å². The summed E-state index contributed by atoms with van der Waals surface area (Å²) in [6.07, 6.45) is 5.98. The number of ether oxygens (including phenoxy) is 1. The molecule has 0 aromatic heterocycles. The summed E-state index contributed by atoms with van der Waals surface area (Å²) in [5, 5.41) is 3.68. The van der Waals surface area contributed by atoms with E-state index in [1.54, 1.807) is 17.8 Å². The number of hydrogen-bond donors (Lipinski definition) is 1. The van der Waals surface area contributed by atoms with Crippen molar-refractivity contribution in [1.29, 1.82) is 0 Å². The Labute approximate surface area is 187 Å². The summed E-state index contributed by atoms with van der Waals surface area (Å²) in [5.74, 6) is 1.62. The van der Waals surface area contributed by atoms with Crippen LogP contribution < -0.4 is 5.32 Å². The summed E-state index contributed by atoms with van der Waals surface area (Å²) in [6, 6.07) is 0.186. The Kier molecular flexibility index (Phi) is 3.75. The zero-order valence-electron chi connectivity index (χ0n) is 22.9. The maximum absolute atomic E-state index is 8.86. The topological polar surface area (TPSA) is 33.6 Å². The minimum atomic E-state index is -2.21. The first kappa shape index (κ1) is 14.9. The molecule has 0 aromatic carbocycles. The maximum atomic E-state index is 8.86. The SMILES string of the molecule is [2H]C([2H])([2H])C1=N[C@H]2OC3=C([C@H]4CC5=C(CN4)[C@H](C)[C@H](C([2H])([2H])C(C)(C)C)S5)CCCC3C2C=C1. The summed E-state index contributed by atoms with van der Waals surface area (Å²) >= 11 is 1.76. The van der Waals surface area contributed by atoms with E-state index in [-0.39, 0.29) is 34.8 Å². The Morgan fingerprint density at radius 1 is 1.38 bits per heavy atom. The summed E-state index contributed by atoms with van der Waals surface area (Å²) in [7, 11) is 0. The molecule has 1 fully saturated rings. The fraction of sp³-hybridized carbons (Fsp3) is 0.720. The zero-order chi connectivity index (χ0) is 24.6. The fourth-order valence-electron chi connectivity index (χ4n) is 5.54. The lowest BCUT2D eigenvalue weighted by Crippen LogP contribution is -2.39. The molecule has 1 aliphatic carbocycles. The standard InChI is InChI=1S/C25H36N2OS/c1-14-9-10-17-16-7-6-8-18(23(16)28-24(17)27-14)20-11-21-19(13-26-20)15(2)22(29-21)12-25(3,4)5/h9-10,15-17,20,22,24,26H,6-8,11-13H2,1-5H3/t15-,16?,17?,20+,22-,24-/m0/s1/i1D3,12D2. The van der Waals surface area contributed by atoms with Crippen LogP contribution in [0.5, 0.6) is 0 Å². The fourth-order valence-corrected chi connectivity index (χ4v) is 7.30. The molecular weight excluding hydrogens is 376 g/mol. The number of thioether (sulfide) groups is 1. The van der Waals surface area contributed by atoms with Gasteiger partial charge in [0.2, 0.25) is 0 Å². The number of rotatable bonds is 2. The Morgan fingerprint density at radius 2 is 2.24 bits per heavy atom. The van der Waals surface area contributed by atoms with Gasteiger partial charge in [-0.3, -0.25) is 0 Å². The van der Waals surface area contributed by atoms with E-state index >= 15 is 0 Å². The van der Waals surface area contributed by atoms with E-state index in [1.807, 2.05) is 26.8 Å². The summed E-state index contributed by atoms with van der Waals surface area (Å²) in [4.78, 5) is 5.83. The van der Waals surface area contributed by atoms with Crippen molar-refractivity contribution in [2.45, 2.75) is 84.1 Å². The Balaban J connectivity index is 1.38. The molecule has 0 radical (unpaired) electrons. The molecule has 1 N–H and O–H groups in total. The quantitative estimate of drug-likeness (QED) is 0.612. The average molecular weight is 418 g/mol. The highest BCUT2D eigenvalue weighted by Crippen LogP contribution is 2.52. The first-order valence-corrected chi connectivity index (χ1v) is 11.9. The predicted molar refractivity (Wildman–Crippen MR) is 123 cm³/mol. The van der Waals surface area contributed by atoms with Crippen LogP contribution in [0.15, 0.2) is 39.0 Å². The van der Waals surface area contributed by atoms with Crippen LogP contribution in [0, 0.1) is 23.2 Å². The summed E-state index contributed by atoms with van der Waals surface area (Å²) < 4.78 is 47.2. The van der Waals surface area contributed by atoms with Gasteiger partial charge in [0.05, 0.1) is 0 Å². The number of dihydropyridines is 1. The van der Waals surface area contributed by atoms with Gasteiger partial charge in [0.1, 0.15) is 5.76 Å². The second-order valence-corrected chi connectivity index (χ2v) is 11.4. The van der Waals surface area contributed by atoms with Gasteiger partial charge in [-0.2, -0.15) is 0 Å². The third kappa shape index (κ3) is 3.65. The molecule has 5 aliphatic rings. The van der Waals surface area contributed by atoms with Gasteiger partial charge in [0, 0.05) is 42.2 Å². The van der Waals surface area contributed by atoms with Gasteiger partial charge in [0.15, 0.2) is 6.23 Å². The Bertz CT molecular complexity index is 990. The van der Waals surface area contributed by atoms with Crippen molar-refractivity contribution in [3.63, 3.8) is 0 Å². The third-order valence-corrected chi connectivity index (χ3v) is 8.45. The van der Waals surface area contributed by atoms with E-state index in [2.05, 4.69) is 17.2 Å². The number of nitrogens with one attached hydrogen (secondary N) is 1. The van der Waals surface area contributed by atoms with Crippen molar-refractivity contribution >= 4 is 17.5 Å². The van der Waals surface area contributed by atoms with Gasteiger partial charge < -0.3 is 10.1 Å². The summed E-state index contributed by atoms with van der Waals surface area (Å²) in [6.45, 7) is 6.76. The smallest absolute Gasteiger partial charge is 0.196 e. The molecule has 0 amide bonds. The van der Waals surface area contributed by atoms with Crippen LogP contribution in [-0.4, -0.2) is 29.8 Å². The van der Waals surface area contributed by atoms with Crippen molar-refractivity contribution in [2.75, 3.05) is 6.54 Å². The van der Waals surface area contributed by atoms with Crippen LogP contribution >= 0.6 is 11.8 Å². The van der Waals surface area contributed by atoms with E-state index in [9.17, 15) is 0 Å². The minimum absolute atomic E-state index is 0.0711. The second kappa shape index (κ2) is 7.30. The van der Waals surface area contributed by atoms with Crippen molar-refractivity contribution in [1.82, 2.24) is 5.32 Å². The number of aliphatic imine (C=N–C) groups is 1. The van der Waals surface area contributed by atoms with Gasteiger partial charge in [-0.05, 0) is 72.4 Å². The minimum Gasteiger partial charge on any atom is -0.472 e. The normalized spacial score (nSPS) is 42.6. The second-order valence-electron chi connectivity index (χ2n) is 10.2. The van der Waals surface area contributed by atoms with E-state index in [0.717, 1.165) is 38.0 Å². The Hall–Kier alpha value is -1.00. The van der Waals surface area contributed by atoms with Crippen molar-refractivity contribution in [3.05, 3.63) is 34.0 Å². The van der Waals surface area contributed by atoms with Crippen molar-refractivity contribution in [3.8, 4) is 0 Å². The number of allylic oxidation sites excluding steroid dienone is 2. The highest BCUT2D eigenvalue weighted by Gasteiger charge is 2.46. The van der Waals surface area contributed by atoms with E-state index in [1.165, 1.54) is 16.1 Å². The highest BCUT2D eigenvalue weighted by atomic mass is 32.2. The molecule has 29 heavy (non-hydrogen) atoms. The third-order valence-electron chi connectivity index (χ3n) is 6.95. The lowest BCUT2D eigenvalue weighted by atomic mass is 9.77. The molecule has 2 unspecified atom stereocenters. The van der Waals surface area contributed by atoms with Crippen LogP contribution in [0.3, 0.4) is 0 Å². The largest absolute Gasteiger partial charge is 0.472 e. The van der Waals surface area contributed by atoms with Crippen LogP contribution in [0.4, 0.5) is 0 Å². The predicted octanol–water partition coefficient (Wildman–Crippen LogP) is 5.85. The lowest BCUT2D eigenvalue weighted by molar-refractivity contribution is 0.146. The zero-order valence-corrected chi connectivity index (χ0v) is 18.7. The van der Waals surface area contributed by atoms with Crippen LogP contribution in [-0.2, 0) is 4.74 Å². The molecule has 6 atom stereocenters. The van der Waals surface area contributed by atoms with E-state index in [4.69, 9.17) is 11.6 Å². The van der Waals surface area contributed by atoms with Crippen LogP contribution in [0.25, 0.3) is 0 Å². The molecule has 0 spiro atoms. The molecule has 1 saturated heterocycles. The highest BCUT2D eigenvalue weighted by molar-refractivity contribution is 8.04. The summed E-state index contributed by atoms with van der Waals surface area (Å²) in [5.41, 5.74) is 2.40. The molecule has 0 bridgehead atoms. The molecule has 4 heteroatoms. The first-order chi connectivity index (χ1) is 15.8. The molecule has 158 valence electrons. The molecule has 3 nitrogen and oxygen atoms in total. The monoisotopic (exact) mass is 417 g/mol. The number of nitrogens with zero attached hydrogens (tertiary/aromatic N) is 1. The van der Waals surface area contributed by atoms with E-state index < -0.39 is 24.9 Å². The molecule has 4 heterocycles. The Morgan fingerprint density at radius 3 is 3.03 bits per heavy atom. The van der Waals surface area contributed by atoms with Gasteiger partial charge in [-0.25, -0.2) is 4.99 Å². The van der Waals surface area contributed by atoms with Gasteiger partial charge in [0.25, 0.3) is 0 Å². The molecule has 5 rings (SSSR count). The van der Waals surface area contributed by atoms with Crippen LogP contribution in [0.1, 0.15) is 73.5 Å². The molecule has 4 aliphatic heterocycles. The van der Waals surface area contributed by atoms with Gasteiger partial charge in [-0.1, -0.05) is 33.8 Å². The van der Waals surface area contributed by atoms with E-state index in [0.29, 0.717) is 0 Å². The molecule has 0 aromatic rings. The van der Waals surface area contributed by atoms with Crippen molar-refractivity contribution in [2.24, 2.45) is 28.2 Å². The van der Waals surface area contributed by atoms with Gasteiger partial charge >= 0.3 is 0 Å². The first-order valence-electron chi connectivity index (χ1n) is 13.6. The number of fused-ring (bicyclic) bond motifs is 3. The molecular formula is C25H36N2OS. The van der Waals surface area contributed by atoms with Crippen LogP contribution in [0.2, 0.25) is 0 Å². The lowest BCUT2D eigenvalue weighted by Gasteiger charge is -2.32. The number of hydrogen-bond acceptors (Lipinski definition) is 4. The van der Waals surface area contributed by atoms with Crippen molar-refractivity contribution < 1.29 is 11.6 Å². The molecule has 0 saturated carbocycles. The maximum Gasteiger partial charge on any atom is 0.196 e.